The Bertz CT molecular complexity index is 953. The largest absolute Gasteiger partial charge is 0.355 e. The Labute approximate surface area is 145 Å². The van der Waals surface area contributed by atoms with E-state index in [-0.39, 0.29) is 5.56 Å². The SMILES string of the molecule is Cc1ncn(CC2CCN(c3ccc4nncn4n3)CC2)c(=O)c1C. The van der Waals surface area contributed by atoms with Gasteiger partial charge in [0.1, 0.15) is 12.1 Å². The Kier molecular flexibility index (Phi) is 3.95. The predicted molar refractivity (Wildman–Crippen MR) is 93.7 cm³/mol. The fourth-order valence-corrected chi connectivity index (χ4v) is 3.32. The Morgan fingerprint density at radius 3 is 2.76 bits per heavy atom. The van der Waals surface area contributed by atoms with Gasteiger partial charge in [-0.2, -0.15) is 4.52 Å². The number of piperidine rings is 1. The van der Waals surface area contributed by atoms with Crippen molar-refractivity contribution in [2.75, 3.05) is 18.0 Å². The highest BCUT2D eigenvalue weighted by molar-refractivity contribution is 5.45. The highest BCUT2D eigenvalue weighted by atomic mass is 16.1. The molecule has 1 saturated heterocycles. The molecular weight excluding hydrogens is 318 g/mol. The van der Waals surface area contributed by atoms with Crippen molar-refractivity contribution in [3.05, 3.63) is 46.4 Å². The van der Waals surface area contributed by atoms with Gasteiger partial charge in [0.2, 0.25) is 0 Å². The zero-order chi connectivity index (χ0) is 17.4. The van der Waals surface area contributed by atoms with Gasteiger partial charge < -0.3 is 4.90 Å². The van der Waals surface area contributed by atoms with Crippen LogP contribution in [-0.4, -0.2) is 42.5 Å². The molecule has 4 rings (SSSR count). The van der Waals surface area contributed by atoms with E-state index in [0.717, 1.165) is 55.2 Å². The van der Waals surface area contributed by atoms with E-state index in [9.17, 15) is 4.79 Å². The van der Waals surface area contributed by atoms with E-state index in [0.29, 0.717) is 5.92 Å². The molecule has 0 aliphatic carbocycles. The molecule has 130 valence electrons. The van der Waals surface area contributed by atoms with Gasteiger partial charge in [0, 0.05) is 30.9 Å². The molecule has 8 nitrogen and oxygen atoms in total. The summed E-state index contributed by atoms with van der Waals surface area (Å²) in [5, 5.41) is 12.4. The van der Waals surface area contributed by atoms with Gasteiger partial charge in [-0.05, 0) is 44.7 Å². The first-order valence-corrected chi connectivity index (χ1v) is 8.56. The molecule has 0 amide bonds. The molecule has 1 aliphatic rings. The molecule has 0 bridgehead atoms. The van der Waals surface area contributed by atoms with Crippen molar-refractivity contribution < 1.29 is 0 Å². The minimum atomic E-state index is 0.0784. The fourth-order valence-electron chi connectivity index (χ4n) is 3.32. The third kappa shape index (κ3) is 2.99. The molecule has 0 spiro atoms. The minimum absolute atomic E-state index is 0.0784. The number of aromatic nitrogens is 6. The van der Waals surface area contributed by atoms with Gasteiger partial charge >= 0.3 is 0 Å². The predicted octanol–water partition coefficient (Wildman–Crippen LogP) is 1.21. The molecular formula is C17H21N7O. The van der Waals surface area contributed by atoms with E-state index in [1.165, 1.54) is 0 Å². The van der Waals surface area contributed by atoms with E-state index in [4.69, 9.17) is 0 Å². The normalized spacial score (nSPS) is 15.8. The van der Waals surface area contributed by atoms with E-state index in [1.54, 1.807) is 21.7 Å². The van der Waals surface area contributed by atoms with Crippen molar-refractivity contribution in [1.82, 2.24) is 29.4 Å². The maximum Gasteiger partial charge on any atom is 0.256 e. The quantitative estimate of drug-likeness (QED) is 0.713. The molecule has 0 atom stereocenters. The van der Waals surface area contributed by atoms with Crippen molar-refractivity contribution in [1.29, 1.82) is 0 Å². The summed E-state index contributed by atoms with van der Waals surface area (Å²) < 4.78 is 3.45. The van der Waals surface area contributed by atoms with Gasteiger partial charge in [-0.15, -0.1) is 15.3 Å². The molecule has 1 aliphatic heterocycles. The molecule has 3 aromatic heterocycles. The van der Waals surface area contributed by atoms with Crippen molar-refractivity contribution in [2.45, 2.75) is 33.2 Å². The van der Waals surface area contributed by atoms with Crippen LogP contribution in [0.5, 0.6) is 0 Å². The number of hydrogen-bond donors (Lipinski definition) is 0. The standard InChI is InChI=1S/C17H21N7O/c1-12-13(2)18-10-23(17(12)25)9-14-5-7-22(8-6-14)16-4-3-15-20-19-11-24(15)21-16/h3-4,10-11,14H,5-9H2,1-2H3. The van der Waals surface area contributed by atoms with Crippen LogP contribution in [0.1, 0.15) is 24.1 Å². The van der Waals surface area contributed by atoms with E-state index in [2.05, 4.69) is 25.2 Å². The van der Waals surface area contributed by atoms with Gasteiger partial charge in [-0.25, -0.2) is 4.98 Å². The summed E-state index contributed by atoms with van der Waals surface area (Å²) in [6.45, 7) is 6.31. The molecule has 0 N–H and O–H groups in total. The van der Waals surface area contributed by atoms with E-state index >= 15 is 0 Å². The van der Waals surface area contributed by atoms with Gasteiger partial charge in [0.05, 0.1) is 6.33 Å². The maximum atomic E-state index is 12.3. The van der Waals surface area contributed by atoms with Crippen LogP contribution in [0.3, 0.4) is 0 Å². The minimum Gasteiger partial charge on any atom is -0.355 e. The van der Waals surface area contributed by atoms with Gasteiger partial charge in [0.15, 0.2) is 5.65 Å². The lowest BCUT2D eigenvalue weighted by atomic mass is 9.96. The Morgan fingerprint density at radius 2 is 1.96 bits per heavy atom. The van der Waals surface area contributed by atoms with Crippen LogP contribution in [0.2, 0.25) is 0 Å². The molecule has 4 heterocycles. The molecule has 25 heavy (non-hydrogen) atoms. The summed E-state index contributed by atoms with van der Waals surface area (Å²) in [7, 11) is 0. The smallest absolute Gasteiger partial charge is 0.256 e. The van der Waals surface area contributed by atoms with Crippen LogP contribution in [0, 0.1) is 19.8 Å². The second-order valence-corrected chi connectivity index (χ2v) is 6.67. The Balaban J connectivity index is 1.43. The number of rotatable bonds is 3. The van der Waals surface area contributed by atoms with Crippen LogP contribution in [-0.2, 0) is 6.54 Å². The molecule has 8 heteroatoms. The monoisotopic (exact) mass is 339 g/mol. The molecule has 0 radical (unpaired) electrons. The Morgan fingerprint density at radius 1 is 1.16 bits per heavy atom. The van der Waals surface area contributed by atoms with Gasteiger partial charge in [-0.1, -0.05) is 0 Å². The third-order valence-electron chi connectivity index (χ3n) is 5.06. The van der Waals surface area contributed by atoms with Crippen LogP contribution in [0.15, 0.2) is 29.6 Å². The van der Waals surface area contributed by atoms with Crippen molar-refractivity contribution in [3.63, 3.8) is 0 Å². The average Bonchev–Trinajstić information content (AvgIpc) is 3.10. The lowest BCUT2D eigenvalue weighted by Crippen LogP contribution is -2.37. The summed E-state index contributed by atoms with van der Waals surface area (Å²) >= 11 is 0. The van der Waals surface area contributed by atoms with Crippen molar-refractivity contribution in [3.8, 4) is 0 Å². The Hall–Kier alpha value is -2.77. The van der Waals surface area contributed by atoms with Crippen LogP contribution >= 0.6 is 0 Å². The number of fused-ring (bicyclic) bond motifs is 1. The second-order valence-electron chi connectivity index (χ2n) is 6.67. The first kappa shape index (κ1) is 15.7. The number of hydrogen-bond acceptors (Lipinski definition) is 6. The first-order chi connectivity index (χ1) is 12.1. The summed E-state index contributed by atoms with van der Waals surface area (Å²) in [6, 6.07) is 3.92. The molecule has 0 unspecified atom stereocenters. The second kappa shape index (κ2) is 6.27. The van der Waals surface area contributed by atoms with Crippen LogP contribution in [0.4, 0.5) is 5.82 Å². The summed E-state index contributed by atoms with van der Waals surface area (Å²) in [5.74, 6) is 1.42. The maximum absolute atomic E-state index is 12.3. The summed E-state index contributed by atoms with van der Waals surface area (Å²) in [4.78, 5) is 18.9. The zero-order valence-corrected chi connectivity index (χ0v) is 14.5. The lowest BCUT2D eigenvalue weighted by molar-refractivity contribution is 0.349. The zero-order valence-electron chi connectivity index (χ0n) is 14.5. The number of aryl methyl sites for hydroxylation is 1. The van der Waals surface area contributed by atoms with E-state index in [1.807, 2.05) is 26.0 Å². The van der Waals surface area contributed by atoms with Crippen LogP contribution in [0.25, 0.3) is 5.65 Å². The number of nitrogens with zero attached hydrogens (tertiary/aromatic N) is 7. The molecule has 3 aromatic rings. The topological polar surface area (TPSA) is 81.2 Å². The highest BCUT2D eigenvalue weighted by Crippen LogP contribution is 2.22. The average molecular weight is 339 g/mol. The molecule has 1 fully saturated rings. The van der Waals surface area contributed by atoms with Gasteiger partial charge in [0.25, 0.3) is 5.56 Å². The van der Waals surface area contributed by atoms with Gasteiger partial charge in [-0.3, -0.25) is 9.36 Å². The number of anilines is 1. The van der Waals surface area contributed by atoms with Crippen molar-refractivity contribution in [2.24, 2.45) is 5.92 Å². The summed E-state index contributed by atoms with van der Waals surface area (Å²) in [6.07, 6.45) is 5.35. The van der Waals surface area contributed by atoms with E-state index < -0.39 is 0 Å². The van der Waals surface area contributed by atoms with Crippen LogP contribution < -0.4 is 10.5 Å². The molecule has 0 saturated carbocycles. The summed E-state index contributed by atoms with van der Waals surface area (Å²) in [5.41, 5.74) is 2.38. The first-order valence-electron chi connectivity index (χ1n) is 8.56. The third-order valence-corrected chi connectivity index (χ3v) is 5.06. The highest BCUT2D eigenvalue weighted by Gasteiger charge is 2.21. The fraction of sp³-hybridized carbons (Fsp3) is 0.471. The lowest BCUT2D eigenvalue weighted by Gasteiger charge is -2.32. The van der Waals surface area contributed by atoms with Crippen molar-refractivity contribution >= 4 is 11.5 Å². The molecule has 0 aromatic carbocycles.